The number of likely N-dealkylation sites (N-methyl/N-ethyl adjacent to an activating group) is 2. The topological polar surface area (TPSA) is 124 Å². The Morgan fingerprint density at radius 1 is 1.09 bits per heavy atom. The van der Waals surface area contributed by atoms with E-state index in [1.165, 1.54) is 25.7 Å². The highest BCUT2D eigenvalue weighted by atomic mass is 16.6. The predicted molar refractivity (Wildman–Crippen MR) is 168 cm³/mol. The maximum absolute atomic E-state index is 13.7. The zero-order valence-corrected chi connectivity index (χ0v) is 27.4. The Hall–Kier alpha value is -3.67. The number of amides is 3. The third-order valence-electron chi connectivity index (χ3n) is 8.48. The summed E-state index contributed by atoms with van der Waals surface area (Å²) >= 11 is 0. The molecule has 2 atom stereocenters. The van der Waals surface area contributed by atoms with Crippen LogP contribution in [0.1, 0.15) is 64.8 Å². The number of nitrogens with one attached hydrogen (secondary N) is 1. The lowest BCUT2D eigenvalue weighted by Gasteiger charge is -2.32. The van der Waals surface area contributed by atoms with Gasteiger partial charge in [-0.3, -0.25) is 14.6 Å². The Morgan fingerprint density at radius 3 is 2.36 bits per heavy atom. The van der Waals surface area contributed by atoms with Gasteiger partial charge in [0.05, 0.1) is 13.1 Å². The Kier molecular flexibility index (Phi) is 10.9. The molecule has 3 amide bonds. The second-order valence-corrected chi connectivity index (χ2v) is 13.0. The van der Waals surface area contributed by atoms with E-state index < -0.39 is 11.7 Å². The number of hydrogen-bond acceptors (Lipinski definition) is 9. The van der Waals surface area contributed by atoms with Crippen molar-refractivity contribution in [3.8, 4) is 11.4 Å². The van der Waals surface area contributed by atoms with E-state index in [0.29, 0.717) is 36.6 Å². The zero-order valence-electron chi connectivity index (χ0n) is 27.4. The van der Waals surface area contributed by atoms with Gasteiger partial charge in [0.15, 0.2) is 0 Å². The lowest BCUT2D eigenvalue weighted by molar-refractivity contribution is -0.142. The van der Waals surface area contributed by atoms with Crippen molar-refractivity contribution in [1.29, 1.82) is 0 Å². The predicted octanol–water partition coefficient (Wildman–Crippen LogP) is 4.03. The van der Waals surface area contributed by atoms with Crippen LogP contribution >= 0.6 is 0 Å². The molecule has 12 nitrogen and oxygen atoms in total. The van der Waals surface area contributed by atoms with E-state index in [2.05, 4.69) is 20.5 Å². The standard InChI is InChI=1S/C32H49N7O5/c1-8-37(31(42)43-32(4,5)6)16-15-33-28(40)20-38(27-17-24(14-13-22(27)2)30-34-23(3)44-35-30)21-29(41)36(7)39-18-25-11-9-10-12-26(25)19-39/h13-14,17,25-26H,8-12,15-16,18-21H2,1-7H3,(H,33,40)/t25-,26+. The average Bonchev–Trinajstić information content (AvgIpc) is 3.60. The van der Waals surface area contributed by atoms with Gasteiger partial charge in [0.25, 0.3) is 5.91 Å². The molecule has 1 aliphatic heterocycles. The maximum atomic E-state index is 13.7. The van der Waals surface area contributed by atoms with Gasteiger partial charge in [-0.15, -0.1) is 0 Å². The normalized spacial score (nSPS) is 18.4. The molecule has 44 heavy (non-hydrogen) atoms. The van der Waals surface area contributed by atoms with Crippen molar-refractivity contribution in [2.45, 2.75) is 72.8 Å². The summed E-state index contributed by atoms with van der Waals surface area (Å²) in [5.74, 6) is 1.84. The van der Waals surface area contributed by atoms with Gasteiger partial charge in [0.2, 0.25) is 17.6 Å². The fraction of sp³-hybridized carbons (Fsp3) is 0.656. The summed E-state index contributed by atoms with van der Waals surface area (Å²) < 4.78 is 10.7. The van der Waals surface area contributed by atoms with Crippen LogP contribution in [0.3, 0.4) is 0 Å². The number of nitrogens with zero attached hydrogens (tertiary/aromatic N) is 6. The molecule has 2 heterocycles. The molecule has 4 rings (SSSR count). The molecular weight excluding hydrogens is 562 g/mol. The fourth-order valence-corrected chi connectivity index (χ4v) is 6.05. The van der Waals surface area contributed by atoms with Crippen LogP contribution in [0.2, 0.25) is 0 Å². The Morgan fingerprint density at radius 2 is 1.77 bits per heavy atom. The van der Waals surface area contributed by atoms with E-state index in [4.69, 9.17) is 9.26 Å². The molecule has 1 aromatic heterocycles. The first-order valence-corrected chi connectivity index (χ1v) is 15.8. The SMILES string of the molecule is CCN(CCNC(=O)CN(CC(=O)N(C)N1C[C@H]2CCCC[C@H]2C1)c1cc(-c2noc(C)n2)ccc1C)C(=O)OC(C)(C)C. The number of anilines is 1. The van der Waals surface area contributed by atoms with E-state index in [-0.39, 0.29) is 31.4 Å². The number of rotatable bonds is 11. The van der Waals surface area contributed by atoms with Crippen LogP contribution in [0.25, 0.3) is 11.4 Å². The highest BCUT2D eigenvalue weighted by Gasteiger charge is 2.37. The van der Waals surface area contributed by atoms with Crippen molar-refractivity contribution >= 4 is 23.6 Å². The summed E-state index contributed by atoms with van der Waals surface area (Å²) in [5.41, 5.74) is 1.77. The number of carbonyl (C=O) groups is 3. The summed E-state index contributed by atoms with van der Waals surface area (Å²) in [6, 6.07) is 5.73. The molecular formula is C32H49N7O5. The van der Waals surface area contributed by atoms with Crippen LogP contribution in [0, 0.1) is 25.7 Å². The molecule has 242 valence electrons. The van der Waals surface area contributed by atoms with Gasteiger partial charge in [0, 0.05) is 57.9 Å². The van der Waals surface area contributed by atoms with Crippen molar-refractivity contribution in [3.63, 3.8) is 0 Å². The van der Waals surface area contributed by atoms with Gasteiger partial charge >= 0.3 is 6.09 Å². The number of carbonyl (C=O) groups excluding carboxylic acids is 3. The lowest BCUT2D eigenvalue weighted by Crippen LogP contribution is -2.49. The lowest BCUT2D eigenvalue weighted by atomic mass is 9.82. The number of hydrazine groups is 1. The van der Waals surface area contributed by atoms with Crippen LogP contribution in [-0.4, -0.2) is 101 Å². The molecule has 1 aliphatic carbocycles. The van der Waals surface area contributed by atoms with E-state index in [1.807, 2.05) is 59.9 Å². The highest BCUT2D eigenvalue weighted by molar-refractivity contribution is 5.87. The third-order valence-corrected chi connectivity index (χ3v) is 8.48. The largest absolute Gasteiger partial charge is 0.444 e. The van der Waals surface area contributed by atoms with E-state index in [0.717, 1.165) is 29.9 Å². The van der Waals surface area contributed by atoms with Crippen molar-refractivity contribution in [2.75, 3.05) is 57.8 Å². The summed E-state index contributed by atoms with van der Waals surface area (Å²) in [6.07, 6.45) is 4.55. The van der Waals surface area contributed by atoms with Crippen molar-refractivity contribution in [2.24, 2.45) is 11.8 Å². The van der Waals surface area contributed by atoms with Crippen molar-refractivity contribution in [3.05, 3.63) is 29.7 Å². The van der Waals surface area contributed by atoms with Crippen molar-refractivity contribution < 1.29 is 23.6 Å². The molecule has 2 aromatic rings. The summed E-state index contributed by atoms with van der Waals surface area (Å²) in [5, 5.41) is 10.9. The van der Waals surface area contributed by atoms with E-state index >= 15 is 0 Å². The highest BCUT2D eigenvalue weighted by Crippen LogP contribution is 2.36. The molecule has 0 radical (unpaired) electrons. The summed E-state index contributed by atoms with van der Waals surface area (Å²) in [6.45, 7) is 13.8. The zero-order chi connectivity index (χ0) is 32.0. The number of fused-ring (bicyclic) bond motifs is 1. The number of aromatic nitrogens is 2. The van der Waals surface area contributed by atoms with Gasteiger partial charge < -0.3 is 24.4 Å². The average molecular weight is 612 g/mol. The molecule has 1 aromatic carbocycles. The Balaban J connectivity index is 1.47. The summed E-state index contributed by atoms with van der Waals surface area (Å²) in [7, 11) is 1.83. The molecule has 1 N–H and O–H groups in total. The van der Waals surface area contributed by atoms with Gasteiger partial charge in [-0.05, 0) is 70.9 Å². The third kappa shape index (κ3) is 8.71. The first-order chi connectivity index (χ1) is 20.8. The maximum Gasteiger partial charge on any atom is 0.410 e. The van der Waals surface area contributed by atoms with Crippen LogP contribution < -0.4 is 10.2 Å². The first-order valence-electron chi connectivity index (χ1n) is 15.8. The molecule has 0 unspecified atom stereocenters. The number of benzene rings is 1. The Labute approximate surface area is 261 Å². The molecule has 0 bridgehead atoms. The van der Waals surface area contributed by atoms with Gasteiger partial charge in [-0.1, -0.05) is 30.1 Å². The molecule has 2 fully saturated rings. The number of aryl methyl sites for hydroxylation is 2. The van der Waals surface area contributed by atoms with Gasteiger partial charge in [-0.2, -0.15) is 4.98 Å². The van der Waals surface area contributed by atoms with Crippen LogP contribution in [-0.2, 0) is 14.3 Å². The monoisotopic (exact) mass is 611 g/mol. The van der Waals surface area contributed by atoms with Crippen LogP contribution in [0.5, 0.6) is 0 Å². The molecule has 1 saturated heterocycles. The minimum absolute atomic E-state index is 0.0182. The van der Waals surface area contributed by atoms with E-state index in [1.54, 1.807) is 21.7 Å². The van der Waals surface area contributed by atoms with Gasteiger partial charge in [-0.25, -0.2) is 9.80 Å². The minimum atomic E-state index is -0.604. The second-order valence-electron chi connectivity index (χ2n) is 13.0. The Bertz CT molecular complexity index is 1290. The molecule has 0 spiro atoms. The van der Waals surface area contributed by atoms with Crippen LogP contribution in [0.15, 0.2) is 22.7 Å². The minimum Gasteiger partial charge on any atom is -0.444 e. The number of ether oxygens (including phenoxy) is 1. The molecule has 2 aliphatic rings. The van der Waals surface area contributed by atoms with E-state index in [9.17, 15) is 14.4 Å². The summed E-state index contributed by atoms with van der Waals surface area (Å²) in [4.78, 5) is 47.2. The smallest absolute Gasteiger partial charge is 0.410 e. The quantitative estimate of drug-likeness (QED) is 0.401. The van der Waals surface area contributed by atoms with Crippen molar-refractivity contribution in [1.82, 2.24) is 30.4 Å². The molecule has 1 saturated carbocycles. The fourth-order valence-electron chi connectivity index (χ4n) is 6.05. The van der Waals surface area contributed by atoms with Crippen LogP contribution in [0.4, 0.5) is 10.5 Å². The van der Waals surface area contributed by atoms with Gasteiger partial charge in [0.1, 0.15) is 5.60 Å². The first kappa shape index (κ1) is 33.2. The second kappa shape index (κ2) is 14.4. The molecule has 12 heteroatoms. The number of hydrogen-bond donors (Lipinski definition) is 1.